The van der Waals surface area contributed by atoms with Crippen LogP contribution in [0.5, 0.6) is 5.75 Å². The van der Waals surface area contributed by atoms with Crippen LogP contribution in [-0.2, 0) is 21.3 Å². The van der Waals surface area contributed by atoms with Crippen molar-refractivity contribution in [2.75, 3.05) is 19.5 Å². The standard InChI is InChI=1S/C14H17NO3S/c1-17-14-5-4-11(8-15)7-12(14)9-19(16)10-13-3-2-6-18-13/h4-5,7,13H,2-3,6,9-10H2,1H3. The fourth-order valence-corrected chi connectivity index (χ4v) is 3.54. The molecule has 1 aliphatic rings. The van der Waals surface area contributed by atoms with Gasteiger partial charge in [0.2, 0.25) is 0 Å². The average Bonchev–Trinajstić information content (AvgIpc) is 2.91. The largest absolute Gasteiger partial charge is 0.496 e. The number of nitrogens with zero attached hydrogens (tertiary/aromatic N) is 1. The van der Waals surface area contributed by atoms with Crippen LogP contribution in [0.3, 0.4) is 0 Å². The van der Waals surface area contributed by atoms with Gasteiger partial charge in [0, 0.05) is 23.0 Å². The van der Waals surface area contributed by atoms with E-state index in [1.807, 2.05) is 0 Å². The molecule has 0 bridgehead atoms. The second-order valence-electron chi connectivity index (χ2n) is 4.52. The van der Waals surface area contributed by atoms with Crippen molar-refractivity contribution in [3.63, 3.8) is 0 Å². The highest BCUT2D eigenvalue weighted by molar-refractivity contribution is 7.84. The molecule has 0 radical (unpaired) electrons. The molecule has 2 rings (SSSR count). The van der Waals surface area contributed by atoms with E-state index < -0.39 is 10.8 Å². The highest BCUT2D eigenvalue weighted by Crippen LogP contribution is 2.22. The third-order valence-electron chi connectivity index (χ3n) is 3.12. The zero-order chi connectivity index (χ0) is 13.7. The molecule has 0 aliphatic carbocycles. The predicted molar refractivity (Wildman–Crippen MR) is 73.4 cm³/mol. The molecule has 0 N–H and O–H groups in total. The summed E-state index contributed by atoms with van der Waals surface area (Å²) in [6.07, 6.45) is 2.15. The summed E-state index contributed by atoms with van der Waals surface area (Å²) in [6, 6.07) is 7.28. The van der Waals surface area contributed by atoms with Crippen LogP contribution >= 0.6 is 0 Å². The summed E-state index contributed by atoms with van der Waals surface area (Å²) in [5, 5.41) is 8.90. The molecule has 0 amide bonds. The number of nitriles is 1. The molecule has 1 aromatic carbocycles. The fraction of sp³-hybridized carbons (Fsp3) is 0.500. The summed E-state index contributed by atoms with van der Waals surface area (Å²) in [5.74, 6) is 1.64. The molecule has 102 valence electrons. The predicted octanol–water partition coefficient (Wildman–Crippen LogP) is 1.99. The Hall–Kier alpha value is -1.38. The third kappa shape index (κ3) is 3.79. The Balaban J connectivity index is 2.04. The Labute approximate surface area is 115 Å². The summed E-state index contributed by atoms with van der Waals surface area (Å²) >= 11 is 0. The molecule has 1 heterocycles. The van der Waals surface area contributed by atoms with Gasteiger partial charge >= 0.3 is 0 Å². The molecule has 1 fully saturated rings. The Morgan fingerprint density at radius 2 is 2.42 bits per heavy atom. The van der Waals surface area contributed by atoms with Crippen LogP contribution in [0.4, 0.5) is 0 Å². The second kappa shape index (κ2) is 6.69. The molecule has 19 heavy (non-hydrogen) atoms. The quantitative estimate of drug-likeness (QED) is 0.827. The maximum absolute atomic E-state index is 12.1. The van der Waals surface area contributed by atoms with Gasteiger partial charge in [-0.2, -0.15) is 5.26 Å². The van der Waals surface area contributed by atoms with E-state index in [0.717, 1.165) is 25.0 Å². The fourth-order valence-electron chi connectivity index (χ4n) is 2.18. The van der Waals surface area contributed by atoms with Crippen LogP contribution < -0.4 is 4.74 Å². The van der Waals surface area contributed by atoms with Crippen molar-refractivity contribution in [1.82, 2.24) is 0 Å². The molecule has 1 saturated heterocycles. The van der Waals surface area contributed by atoms with E-state index in [1.165, 1.54) is 0 Å². The molecule has 5 heteroatoms. The number of hydrogen-bond acceptors (Lipinski definition) is 4. The second-order valence-corrected chi connectivity index (χ2v) is 6.03. The van der Waals surface area contributed by atoms with Crippen LogP contribution in [-0.4, -0.2) is 29.8 Å². The SMILES string of the molecule is COc1ccc(C#N)cc1CS(=O)CC1CCCO1. The van der Waals surface area contributed by atoms with Gasteiger partial charge in [-0.25, -0.2) is 0 Å². The lowest BCUT2D eigenvalue weighted by atomic mass is 10.1. The lowest BCUT2D eigenvalue weighted by molar-refractivity contribution is 0.128. The first-order valence-electron chi connectivity index (χ1n) is 6.26. The smallest absolute Gasteiger partial charge is 0.123 e. The van der Waals surface area contributed by atoms with E-state index in [9.17, 15) is 4.21 Å². The van der Waals surface area contributed by atoms with Crippen molar-refractivity contribution >= 4 is 10.8 Å². The van der Waals surface area contributed by atoms with Gasteiger partial charge in [-0.1, -0.05) is 0 Å². The maximum atomic E-state index is 12.1. The van der Waals surface area contributed by atoms with Gasteiger partial charge in [-0.15, -0.1) is 0 Å². The van der Waals surface area contributed by atoms with Crippen LogP contribution in [0.15, 0.2) is 18.2 Å². The zero-order valence-electron chi connectivity index (χ0n) is 10.9. The highest BCUT2D eigenvalue weighted by atomic mass is 32.2. The molecule has 4 nitrogen and oxygen atoms in total. The normalized spacial score (nSPS) is 19.9. The average molecular weight is 279 g/mol. The molecule has 0 spiro atoms. The lowest BCUT2D eigenvalue weighted by Gasteiger charge is -2.11. The minimum atomic E-state index is -0.997. The van der Waals surface area contributed by atoms with Crippen LogP contribution in [0.25, 0.3) is 0 Å². The van der Waals surface area contributed by atoms with Crippen molar-refractivity contribution in [3.05, 3.63) is 29.3 Å². The first kappa shape index (κ1) is 14.0. The zero-order valence-corrected chi connectivity index (χ0v) is 11.7. The Morgan fingerprint density at radius 1 is 1.58 bits per heavy atom. The van der Waals surface area contributed by atoms with Gasteiger partial charge in [0.25, 0.3) is 0 Å². The van der Waals surface area contributed by atoms with Crippen LogP contribution in [0.2, 0.25) is 0 Å². The summed E-state index contributed by atoms with van der Waals surface area (Å²) in [6.45, 7) is 0.773. The van der Waals surface area contributed by atoms with E-state index >= 15 is 0 Å². The molecule has 2 atom stereocenters. The van der Waals surface area contributed by atoms with Crippen molar-refractivity contribution < 1.29 is 13.7 Å². The highest BCUT2D eigenvalue weighted by Gasteiger charge is 2.19. The van der Waals surface area contributed by atoms with Crippen LogP contribution in [0.1, 0.15) is 24.0 Å². The third-order valence-corrected chi connectivity index (χ3v) is 4.50. The first-order valence-corrected chi connectivity index (χ1v) is 7.75. The lowest BCUT2D eigenvalue weighted by Crippen LogP contribution is -2.16. The van der Waals surface area contributed by atoms with Crippen LogP contribution in [0, 0.1) is 11.3 Å². The van der Waals surface area contributed by atoms with Gasteiger partial charge in [-0.05, 0) is 31.0 Å². The molecule has 1 aromatic rings. The number of rotatable bonds is 5. The van der Waals surface area contributed by atoms with Gasteiger partial charge in [0.05, 0.1) is 36.4 Å². The first-order chi connectivity index (χ1) is 9.22. The molecule has 2 unspecified atom stereocenters. The summed E-state index contributed by atoms with van der Waals surface area (Å²) in [7, 11) is 0.580. The maximum Gasteiger partial charge on any atom is 0.123 e. The monoisotopic (exact) mass is 279 g/mol. The van der Waals surface area contributed by atoms with Gasteiger partial charge in [-0.3, -0.25) is 4.21 Å². The Morgan fingerprint density at radius 3 is 3.05 bits per heavy atom. The van der Waals surface area contributed by atoms with E-state index in [4.69, 9.17) is 14.7 Å². The van der Waals surface area contributed by atoms with Crippen molar-refractivity contribution in [3.8, 4) is 11.8 Å². The number of benzene rings is 1. The van der Waals surface area contributed by atoms with E-state index in [0.29, 0.717) is 22.8 Å². The minimum Gasteiger partial charge on any atom is -0.496 e. The van der Waals surface area contributed by atoms with Crippen molar-refractivity contribution in [1.29, 1.82) is 5.26 Å². The number of hydrogen-bond donors (Lipinski definition) is 0. The molecule has 1 aliphatic heterocycles. The summed E-state index contributed by atoms with van der Waals surface area (Å²) in [5.41, 5.74) is 1.38. The van der Waals surface area contributed by atoms with Gasteiger partial charge in [0.1, 0.15) is 5.75 Å². The molecule has 0 saturated carbocycles. The molecular formula is C14H17NO3S. The summed E-state index contributed by atoms with van der Waals surface area (Å²) in [4.78, 5) is 0. The van der Waals surface area contributed by atoms with Gasteiger partial charge < -0.3 is 9.47 Å². The van der Waals surface area contributed by atoms with E-state index in [1.54, 1.807) is 25.3 Å². The van der Waals surface area contributed by atoms with Crippen molar-refractivity contribution in [2.24, 2.45) is 0 Å². The van der Waals surface area contributed by atoms with E-state index in [2.05, 4.69) is 6.07 Å². The molecule has 0 aromatic heterocycles. The number of ether oxygens (including phenoxy) is 2. The topological polar surface area (TPSA) is 59.3 Å². The Kier molecular flexibility index (Phi) is 4.94. The number of methoxy groups -OCH3 is 1. The van der Waals surface area contributed by atoms with Gasteiger partial charge in [0.15, 0.2) is 0 Å². The Bertz CT molecular complexity index is 504. The van der Waals surface area contributed by atoms with Crippen molar-refractivity contribution in [2.45, 2.75) is 24.7 Å². The molecular weight excluding hydrogens is 262 g/mol. The summed E-state index contributed by atoms with van der Waals surface area (Å²) < 4.78 is 22.9. The van der Waals surface area contributed by atoms with E-state index in [-0.39, 0.29) is 6.10 Å². The minimum absolute atomic E-state index is 0.117.